The quantitative estimate of drug-likeness (QED) is 0.793. The fraction of sp³-hybridized carbons (Fsp3) is 0.118. The molecule has 0 atom stereocenters. The largest absolute Gasteiger partial charge is 0.497 e. The highest BCUT2D eigenvalue weighted by atomic mass is 35.5. The first-order valence-corrected chi connectivity index (χ1v) is 7.49. The molecule has 0 saturated heterocycles. The lowest BCUT2D eigenvalue weighted by molar-refractivity contribution is 0.101. The molecule has 0 fully saturated rings. The predicted octanol–water partition coefficient (Wildman–Crippen LogP) is 2.85. The van der Waals surface area contributed by atoms with E-state index in [1.54, 1.807) is 43.4 Å². The molecule has 0 aliphatic carbocycles. The van der Waals surface area contributed by atoms with Crippen LogP contribution in [0.4, 0.5) is 5.69 Å². The van der Waals surface area contributed by atoms with Crippen molar-refractivity contribution in [3.8, 4) is 5.75 Å². The molecule has 2 aromatic carbocycles. The van der Waals surface area contributed by atoms with Gasteiger partial charge in [0, 0.05) is 23.8 Å². The highest BCUT2D eigenvalue weighted by Gasteiger charge is 2.17. The van der Waals surface area contributed by atoms with Crippen LogP contribution in [0.25, 0.3) is 10.9 Å². The lowest BCUT2D eigenvalue weighted by Gasteiger charge is -2.09. The summed E-state index contributed by atoms with van der Waals surface area (Å²) in [5, 5.41) is 7.50. The monoisotopic (exact) mass is 343 g/mol. The number of amides is 1. The summed E-state index contributed by atoms with van der Waals surface area (Å²) in [5.74, 6) is 0.00434. The van der Waals surface area contributed by atoms with E-state index in [0.29, 0.717) is 27.4 Å². The van der Waals surface area contributed by atoms with Crippen LogP contribution in [0.3, 0.4) is 0 Å². The van der Waals surface area contributed by atoms with E-state index in [4.69, 9.17) is 16.3 Å². The predicted molar refractivity (Wildman–Crippen MR) is 92.9 cm³/mol. The first-order chi connectivity index (χ1) is 11.5. The molecule has 24 heavy (non-hydrogen) atoms. The minimum Gasteiger partial charge on any atom is -0.497 e. The average Bonchev–Trinajstić information content (AvgIpc) is 2.58. The second kappa shape index (κ2) is 6.33. The van der Waals surface area contributed by atoms with Crippen LogP contribution < -0.4 is 15.5 Å². The molecule has 0 radical (unpaired) electrons. The first-order valence-electron chi connectivity index (χ1n) is 7.11. The Morgan fingerprint density at radius 3 is 2.79 bits per heavy atom. The molecule has 122 valence electrons. The highest BCUT2D eigenvalue weighted by Crippen LogP contribution is 2.18. The molecule has 0 bridgehead atoms. The molecule has 0 aliphatic rings. The average molecular weight is 344 g/mol. The number of nitrogens with zero attached hydrogens (tertiary/aromatic N) is 2. The summed E-state index contributed by atoms with van der Waals surface area (Å²) in [6.07, 6.45) is 0. The van der Waals surface area contributed by atoms with Gasteiger partial charge in [-0.15, -0.1) is 0 Å². The van der Waals surface area contributed by atoms with Gasteiger partial charge in [0.1, 0.15) is 5.75 Å². The Bertz CT molecular complexity index is 998. The molecule has 3 aromatic rings. The van der Waals surface area contributed by atoms with Crippen LogP contribution in [0.1, 0.15) is 10.5 Å². The van der Waals surface area contributed by atoms with E-state index in [1.807, 2.05) is 0 Å². The Morgan fingerprint density at radius 2 is 2.04 bits per heavy atom. The molecule has 0 unspecified atom stereocenters. The topological polar surface area (TPSA) is 73.2 Å². The lowest BCUT2D eigenvalue weighted by Crippen LogP contribution is -2.26. The SMILES string of the molecule is COc1cccc(NC(=O)c2nn(C)c3ccc(Cl)cc3c2=O)c1. The maximum Gasteiger partial charge on any atom is 0.280 e. The van der Waals surface area contributed by atoms with Crippen molar-refractivity contribution in [1.82, 2.24) is 9.78 Å². The smallest absolute Gasteiger partial charge is 0.280 e. The van der Waals surface area contributed by atoms with Crippen molar-refractivity contribution < 1.29 is 9.53 Å². The maximum absolute atomic E-state index is 12.6. The number of hydrogen-bond acceptors (Lipinski definition) is 4. The van der Waals surface area contributed by atoms with Gasteiger partial charge in [-0.2, -0.15) is 5.10 Å². The van der Waals surface area contributed by atoms with E-state index in [-0.39, 0.29) is 5.69 Å². The normalized spacial score (nSPS) is 10.6. The molecule has 7 heteroatoms. The number of hydrogen-bond donors (Lipinski definition) is 1. The second-order valence-electron chi connectivity index (χ2n) is 5.15. The zero-order chi connectivity index (χ0) is 17.3. The third-order valence-corrected chi connectivity index (χ3v) is 3.79. The van der Waals surface area contributed by atoms with Gasteiger partial charge in [-0.1, -0.05) is 17.7 Å². The van der Waals surface area contributed by atoms with Gasteiger partial charge in [-0.05, 0) is 30.3 Å². The van der Waals surface area contributed by atoms with Crippen molar-refractivity contribution >= 4 is 34.1 Å². The minimum atomic E-state index is -0.592. The number of anilines is 1. The van der Waals surface area contributed by atoms with Crippen molar-refractivity contribution in [2.24, 2.45) is 7.05 Å². The number of aryl methyl sites for hydroxylation is 1. The third kappa shape index (κ3) is 2.96. The molecule has 0 saturated carbocycles. The first kappa shape index (κ1) is 16.0. The van der Waals surface area contributed by atoms with Crippen molar-refractivity contribution in [3.63, 3.8) is 0 Å². The van der Waals surface area contributed by atoms with Gasteiger partial charge in [-0.25, -0.2) is 0 Å². The lowest BCUT2D eigenvalue weighted by atomic mass is 10.2. The van der Waals surface area contributed by atoms with Gasteiger partial charge in [0.05, 0.1) is 18.0 Å². The van der Waals surface area contributed by atoms with Gasteiger partial charge in [0.2, 0.25) is 5.43 Å². The number of ether oxygens (including phenoxy) is 1. The van der Waals surface area contributed by atoms with Crippen molar-refractivity contribution in [2.75, 3.05) is 12.4 Å². The van der Waals surface area contributed by atoms with Crippen LogP contribution in [0.5, 0.6) is 5.75 Å². The van der Waals surface area contributed by atoms with Crippen LogP contribution in [-0.4, -0.2) is 22.8 Å². The summed E-state index contributed by atoms with van der Waals surface area (Å²) in [5.41, 5.74) is 0.442. The molecule has 0 aliphatic heterocycles. The standard InChI is InChI=1S/C17H14ClN3O3/c1-21-14-7-6-10(18)8-13(14)16(22)15(20-21)17(23)19-11-4-3-5-12(9-11)24-2/h3-9H,1-2H3,(H,19,23). The van der Waals surface area contributed by atoms with Gasteiger partial charge in [-0.3, -0.25) is 14.3 Å². The Kier molecular flexibility index (Phi) is 4.22. The Hall–Kier alpha value is -2.86. The van der Waals surface area contributed by atoms with Gasteiger partial charge in [0.25, 0.3) is 5.91 Å². The number of rotatable bonds is 3. The summed E-state index contributed by atoms with van der Waals surface area (Å²) >= 11 is 5.96. The molecular formula is C17H14ClN3O3. The maximum atomic E-state index is 12.6. The van der Waals surface area contributed by atoms with Gasteiger partial charge < -0.3 is 10.1 Å². The van der Waals surface area contributed by atoms with E-state index >= 15 is 0 Å². The number of aromatic nitrogens is 2. The molecular weight excluding hydrogens is 330 g/mol. The summed E-state index contributed by atoms with van der Waals surface area (Å²) < 4.78 is 6.59. The van der Waals surface area contributed by atoms with Crippen molar-refractivity contribution in [2.45, 2.75) is 0 Å². The van der Waals surface area contributed by atoms with Crippen LogP contribution in [0.15, 0.2) is 47.3 Å². The van der Waals surface area contributed by atoms with Gasteiger partial charge in [0.15, 0.2) is 5.69 Å². The number of methoxy groups -OCH3 is 1. The second-order valence-corrected chi connectivity index (χ2v) is 5.59. The number of carbonyl (C=O) groups is 1. The van der Waals surface area contributed by atoms with Crippen molar-refractivity contribution in [1.29, 1.82) is 0 Å². The number of nitrogens with one attached hydrogen (secondary N) is 1. The molecule has 1 aromatic heterocycles. The molecule has 0 spiro atoms. The molecule has 6 nitrogen and oxygen atoms in total. The van der Waals surface area contributed by atoms with E-state index in [1.165, 1.54) is 17.9 Å². The van der Waals surface area contributed by atoms with Crippen LogP contribution in [0, 0.1) is 0 Å². The number of halogens is 1. The minimum absolute atomic E-state index is 0.199. The summed E-state index contributed by atoms with van der Waals surface area (Å²) in [6.45, 7) is 0. The van der Waals surface area contributed by atoms with Crippen LogP contribution in [-0.2, 0) is 7.05 Å². The van der Waals surface area contributed by atoms with E-state index in [0.717, 1.165) is 0 Å². The summed E-state index contributed by atoms with van der Waals surface area (Å²) in [7, 11) is 3.20. The third-order valence-electron chi connectivity index (χ3n) is 3.56. The van der Waals surface area contributed by atoms with Crippen LogP contribution in [0.2, 0.25) is 5.02 Å². The zero-order valence-electron chi connectivity index (χ0n) is 13.0. The zero-order valence-corrected chi connectivity index (χ0v) is 13.8. The molecule has 1 heterocycles. The Labute approximate surface area is 142 Å². The molecule has 1 amide bonds. The summed E-state index contributed by atoms with van der Waals surface area (Å²) in [6, 6.07) is 11.7. The molecule has 1 N–H and O–H groups in total. The molecule has 3 rings (SSSR count). The van der Waals surface area contributed by atoms with E-state index < -0.39 is 11.3 Å². The number of benzene rings is 2. The van der Waals surface area contributed by atoms with E-state index in [2.05, 4.69) is 10.4 Å². The van der Waals surface area contributed by atoms with E-state index in [9.17, 15) is 9.59 Å². The Balaban J connectivity index is 2.03. The Morgan fingerprint density at radius 1 is 1.25 bits per heavy atom. The number of carbonyl (C=O) groups excluding carboxylic acids is 1. The fourth-order valence-corrected chi connectivity index (χ4v) is 2.56. The number of fused-ring (bicyclic) bond motifs is 1. The van der Waals surface area contributed by atoms with Crippen molar-refractivity contribution in [3.05, 3.63) is 63.4 Å². The summed E-state index contributed by atoms with van der Waals surface area (Å²) in [4.78, 5) is 25.0. The fourth-order valence-electron chi connectivity index (χ4n) is 2.39. The van der Waals surface area contributed by atoms with Gasteiger partial charge >= 0.3 is 0 Å². The van der Waals surface area contributed by atoms with Crippen LogP contribution >= 0.6 is 11.6 Å². The highest BCUT2D eigenvalue weighted by molar-refractivity contribution is 6.31.